The number of thiophene rings is 1. The van der Waals surface area contributed by atoms with Gasteiger partial charge in [0.15, 0.2) is 0 Å². The number of nitrogens with one attached hydrogen (secondary N) is 1. The molecule has 1 amide bonds. The van der Waals surface area contributed by atoms with Crippen LogP contribution in [0.15, 0.2) is 40.2 Å². The fourth-order valence-corrected chi connectivity index (χ4v) is 3.42. The molecule has 0 aliphatic rings. The SMILES string of the molecule is CCN(CC(=O)Nc1ccccc1F)Cc1ccc(Br)s1. The zero-order valence-corrected chi connectivity index (χ0v) is 14.0. The van der Waals surface area contributed by atoms with E-state index in [4.69, 9.17) is 0 Å². The summed E-state index contributed by atoms with van der Waals surface area (Å²) in [5.41, 5.74) is 0.220. The highest BCUT2D eigenvalue weighted by molar-refractivity contribution is 9.11. The molecule has 1 aromatic heterocycles. The Bertz CT molecular complexity index is 617. The molecule has 21 heavy (non-hydrogen) atoms. The van der Waals surface area contributed by atoms with Gasteiger partial charge in [0, 0.05) is 11.4 Å². The predicted octanol–water partition coefficient (Wildman–Crippen LogP) is 4.11. The van der Waals surface area contributed by atoms with Gasteiger partial charge in [-0.05, 0) is 46.7 Å². The summed E-state index contributed by atoms with van der Waals surface area (Å²) < 4.78 is 14.6. The molecule has 112 valence electrons. The first-order valence-corrected chi connectivity index (χ1v) is 8.20. The van der Waals surface area contributed by atoms with Crippen LogP contribution in [0.2, 0.25) is 0 Å². The largest absolute Gasteiger partial charge is 0.322 e. The number of benzene rings is 1. The molecule has 2 rings (SSSR count). The summed E-state index contributed by atoms with van der Waals surface area (Å²) in [6.45, 7) is 3.69. The maximum Gasteiger partial charge on any atom is 0.238 e. The van der Waals surface area contributed by atoms with Crippen LogP contribution in [0, 0.1) is 5.82 Å². The van der Waals surface area contributed by atoms with Crippen molar-refractivity contribution < 1.29 is 9.18 Å². The van der Waals surface area contributed by atoms with Crippen molar-refractivity contribution in [3.8, 4) is 0 Å². The highest BCUT2D eigenvalue weighted by Crippen LogP contribution is 2.23. The lowest BCUT2D eigenvalue weighted by atomic mass is 10.3. The second kappa shape index (κ2) is 7.68. The van der Waals surface area contributed by atoms with Crippen molar-refractivity contribution in [1.82, 2.24) is 4.90 Å². The molecule has 0 spiro atoms. The Morgan fingerprint density at radius 2 is 2.10 bits per heavy atom. The van der Waals surface area contributed by atoms with Gasteiger partial charge in [-0.2, -0.15) is 0 Å². The molecule has 1 aromatic carbocycles. The van der Waals surface area contributed by atoms with E-state index in [0.29, 0.717) is 6.54 Å². The quantitative estimate of drug-likeness (QED) is 0.829. The van der Waals surface area contributed by atoms with Gasteiger partial charge in [-0.15, -0.1) is 11.3 Å². The second-order valence-electron chi connectivity index (χ2n) is 4.54. The van der Waals surface area contributed by atoms with Crippen LogP contribution in [0.5, 0.6) is 0 Å². The number of carbonyl (C=O) groups excluding carboxylic acids is 1. The Labute approximate surface area is 135 Å². The Kier molecular flexibility index (Phi) is 5.90. The highest BCUT2D eigenvalue weighted by Gasteiger charge is 2.12. The number of carbonyl (C=O) groups is 1. The molecule has 0 atom stereocenters. The summed E-state index contributed by atoms with van der Waals surface area (Å²) in [4.78, 5) is 15.2. The molecule has 6 heteroatoms. The molecule has 0 saturated carbocycles. The van der Waals surface area contributed by atoms with Crippen LogP contribution in [0.3, 0.4) is 0 Å². The maximum atomic E-state index is 13.5. The molecule has 0 bridgehead atoms. The summed E-state index contributed by atoms with van der Waals surface area (Å²) >= 11 is 5.07. The van der Waals surface area contributed by atoms with Gasteiger partial charge < -0.3 is 5.32 Å². The smallest absolute Gasteiger partial charge is 0.238 e. The van der Waals surface area contributed by atoms with E-state index in [1.807, 2.05) is 24.0 Å². The summed E-state index contributed by atoms with van der Waals surface area (Å²) in [6, 6.07) is 10.2. The highest BCUT2D eigenvalue weighted by atomic mass is 79.9. The summed E-state index contributed by atoms with van der Waals surface area (Å²) in [7, 11) is 0. The third-order valence-corrected chi connectivity index (χ3v) is 4.58. The van der Waals surface area contributed by atoms with Gasteiger partial charge in [0.2, 0.25) is 5.91 Å². The summed E-state index contributed by atoms with van der Waals surface area (Å²) in [5.74, 6) is -0.631. The Morgan fingerprint density at radius 3 is 2.71 bits per heavy atom. The summed E-state index contributed by atoms with van der Waals surface area (Å²) in [5, 5.41) is 2.60. The van der Waals surface area contributed by atoms with Crippen LogP contribution in [0.4, 0.5) is 10.1 Å². The lowest BCUT2D eigenvalue weighted by molar-refractivity contribution is -0.117. The lowest BCUT2D eigenvalue weighted by Crippen LogP contribution is -2.32. The summed E-state index contributed by atoms with van der Waals surface area (Å²) in [6.07, 6.45) is 0. The van der Waals surface area contributed by atoms with Crippen LogP contribution >= 0.6 is 27.3 Å². The van der Waals surface area contributed by atoms with E-state index in [-0.39, 0.29) is 18.1 Å². The van der Waals surface area contributed by atoms with Gasteiger partial charge in [-0.3, -0.25) is 9.69 Å². The van der Waals surface area contributed by atoms with Crippen LogP contribution in [0.25, 0.3) is 0 Å². The molecule has 0 radical (unpaired) electrons. The van der Waals surface area contributed by atoms with Crippen LogP contribution in [0.1, 0.15) is 11.8 Å². The van der Waals surface area contributed by atoms with Crippen molar-refractivity contribution in [2.75, 3.05) is 18.4 Å². The third kappa shape index (κ3) is 4.91. The number of amides is 1. The molecular weight excluding hydrogens is 355 g/mol. The molecular formula is C15H16BrFN2OS. The number of anilines is 1. The van der Waals surface area contributed by atoms with Gasteiger partial charge in [0.05, 0.1) is 16.0 Å². The van der Waals surface area contributed by atoms with E-state index in [0.717, 1.165) is 10.3 Å². The number of nitrogens with zero attached hydrogens (tertiary/aromatic N) is 1. The topological polar surface area (TPSA) is 32.3 Å². The number of likely N-dealkylation sites (N-methyl/N-ethyl adjacent to an activating group) is 1. The van der Waals surface area contributed by atoms with Gasteiger partial charge in [0.25, 0.3) is 0 Å². The number of halogens is 2. The molecule has 0 aliphatic carbocycles. The molecule has 0 unspecified atom stereocenters. The molecule has 3 nitrogen and oxygen atoms in total. The molecule has 0 fully saturated rings. The van der Waals surface area contributed by atoms with Crippen molar-refractivity contribution in [2.24, 2.45) is 0 Å². The number of hydrogen-bond acceptors (Lipinski definition) is 3. The lowest BCUT2D eigenvalue weighted by Gasteiger charge is -2.19. The standard InChI is InChI=1S/C15H16BrFN2OS/c1-2-19(9-11-7-8-14(16)21-11)10-15(20)18-13-6-4-3-5-12(13)17/h3-8H,2,9-10H2,1H3,(H,18,20). The molecule has 1 heterocycles. The normalized spacial score (nSPS) is 10.9. The van der Waals surface area contributed by atoms with Crippen molar-refractivity contribution in [1.29, 1.82) is 0 Å². The Hall–Kier alpha value is -1.24. The van der Waals surface area contributed by atoms with Gasteiger partial charge in [0.1, 0.15) is 5.82 Å². The zero-order chi connectivity index (χ0) is 15.2. The molecule has 0 saturated heterocycles. The van der Waals surface area contributed by atoms with E-state index in [1.54, 1.807) is 29.5 Å². The third-order valence-electron chi connectivity index (χ3n) is 2.97. The molecule has 1 N–H and O–H groups in total. The first-order chi connectivity index (χ1) is 10.1. The second-order valence-corrected chi connectivity index (χ2v) is 7.08. The predicted molar refractivity (Wildman–Crippen MR) is 88.0 cm³/mol. The number of para-hydroxylation sites is 1. The Morgan fingerprint density at radius 1 is 1.33 bits per heavy atom. The number of hydrogen-bond donors (Lipinski definition) is 1. The van der Waals surface area contributed by atoms with Crippen molar-refractivity contribution in [2.45, 2.75) is 13.5 Å². The van der Waals surface area contributed by atoms with E-state index in [1.165, 1.54) is 10.9 Å². The van der Waals surface area contributed by atoms with E-state index < -0.39 is 5.82 Å². The minimum atomic E-state index is -0.420. The van der Waals surface area contributed by atoms with Crippen molar-refractivity contribution >= 4 is 38.9 Å². The first-order valence-electron chi connectivity index (χ1n) is 6.59. The van der Waals surface area contributed by atoms with Gasteiger partial charge in [-0.25, -0.2) is 4.39 Å². The van der Waals surface area contributed by atoms with Crippen LogP contribution < -0.4 is 5.32 Å². The van der Waals surface area contributed by atoms with Crippen LogP contribution in [-0.4, -0.2) is 23.9 Å². The average Bonchev–Trinajstić information content (AvgIpc) is 2.86. The van der Waals surface area contributed by atoms with Crippen molar-refractivity contribution in [3.63, 3.8) is 0 Å². The monoisotopic (exact) mass is 370 g/mol. The minimum absolute atomic E-state index is 0.211. The van der Waals surface area contributed by atoms with Crippen molar-refractivity contribution in [3.05, 3.63) is 50.9 Å². The van der Waals surface area contributed by atoms with E-state index in [9.17, 15) is 9.18 Å². The minimum Gasteiger partial charge on any atom is -0.322 e. The molecule has 2 aromatic rings. The van der Waals surface area contributed by atoms with E-state index in [2.05, 4.69) is 21.2 Å². The Balaban J connectivity index is 1.92. The van der Waals surface area contributed by atoms with Gasteiger partial charge in [-0.1, -0.05) is 19.1 Å². The average molecular weight is 371 g/mol. The maximum absolute atomic E-state index is 13.5. The van der Waals surface area contributed by atoms with Gasteiger partial charge >= 0.3 is 0 Å². The molecule has 0 aliphatic heterocycles. The zero-order valence-electron chi connectivity index (χ0n) is 11.6. The van der Waals surface area contributed by atoms with E-state index >= 15 is 0 Å². The number of rotatable bonds is 6. The van der Waals surface area contributed by atoms with Crippen LogP contribution in [-0.2, 0) is 11.3 Å². The first kappa shape index (κ1) is 16.1. The fourth-order valence-electron chi connectivity index (χ4n) is 1.89. The fraction of sp³-hybridized carbons (Fsp3) is 0.267.